The second-order valence-corrected chi connectivity index (χ2v) is 7.71. The van der Waals surface area contributed by atoms with E-state index in [2.05, 4.69) is 9.71 Å². The molecule has 1 aliphatic carbocycles. The van der Waals surface area contributed by atoms with Crippen LogP contribution >= 0.6 is 0 Å². The number of hydrogen-bond acceptors (Lipinski definition) is 4. The summed E-state index contributed by atoms with van der Waals surface area (Å²) < 4.78 is 42.2. The van der Waals surface area contributed by atoms with Gasteiger partial charge in [-0.2, -0.15) is 0 Å². The molecule has 0 fully saturated rings. The van der Waals surface area contributed by atoms with Gasteiger partial charge in [0.05, 0.1) is 16.7 Å². The molecule has 128 valence electrons. The monoisotopic (exact) mass is 358 g/mol. The maximum absolute atomic E-state index is 13.9. The standard InChI is InChI=1S/C18H15FN2O3S/c19-15-6-7-17(13-4-2-8-20-18(13)15)25(23,24)21-16-5-1-3-11-9-12(22)10-14(11)16/h1-8,12,21-22H,9-10H2/t12-/m1/s1. The van der Waals surface area contributed by atoms with E-state index in [-0.39, 0.29) is 15.8 Å². The Labute approximate surface area is 144 Å². The third kappa shape index (κ3) is 2.75. The molecule has 0 saturated heterocycles. The van der Waals surface area contributed by atoms with Gasteiger partial charge in [0.15, 0.2) is 0 Å². The molecule has 1 aromatic heterocycles. The van der Waals surface area contributed by atoms with Crippen LogP contribution < -0.4 is 4.72 Å². The number of hydrogen-bond donors (Lipinski definition) is 2. The lowest BCUT2D eigenvalue weighted by molar-refractivity contribution is 0.187. The van der Waals surface area contributed by atoms with Crippen molar-refractivity contribution in [1.82, 2.24) is 4.98 Å². The van der Waals surface area contributed by atoms with Crippen LogP contribution in [0.2, 0.25) is 0 Å². The largest absolute Gasteiger partial charge is 0.392 e. The molecular weight excluding hydrogens is 343 g/mol. The Morgan fingerprint density at radius 3 is 2.80 bits per heavy atom. The molecule has 25 heavy (non-hydrogen) atoms. The van der Waals surface area contributed by atoms with Crippen molar-refractivity contribution < 1.29 is 17.9 Å². The van der Waals surface area contributed by atoms with E-state index < -0.39 is 21.9 Å². The Hall–Kier alpha value is -2.51. The lowest BCUT2D eigenvalue weighted by atomic mass is 10.1. The third-order valence-electron chi connectivity index (χ3n) is 4.38. The Balaban J connectivity index is 1.80. The summed E-state index contributed by atoms with van der Waals surface area (Å²) in [6.07, 6.45) is 1.82. The molecule has 3 aromatic rings. The van der Waals surface area contributed by atoms with E-state index >= 15 is 0 Å². The van der Waals surface area contributed by atoms with Crippen molar-refractivity contribution in [3.63, 3.8) is 0 Å². The zero-order chi connectivity index (χ0) is 17.6. The highest BCUT2D eigenvalue weighted by Crippen LogP contribution is 2.32. The van der Waals surface area contributed by atoms with Crippen LogP contribution in [0.5, 0.6) is 0 Å². The molecule has 7 heteroatoms. The van der Waals surface area contributed by atoms with Gasteiger partial charge in [0, 0.05) is 18.0 Å². The van der Waals surface area contributed by atoms with Crippen molar-refractivity contribution in [3.8, 4) is 0 Å². The van der Waals surface area contributed by atoms with Crippen LogP contribution in [0, 0.1) is 5.82 Å². The minimum Gasteiger partial charge on any atom is -0.392 e. The van der Waals surface area contributed by atoms with E-state index in [1.807, 2.05) is 6.07 Å². The van der Waals surface area contributed by atoms with Crippen molar-refractivity contribution in [3.05, 3.63) is 65.6 Å². The first-order valence-corrected chi connectivity index (χ1v) is 9.29. The molecule has 1 aliphatic rings. The summed E-state index contributed by atoms with van der Waals surface area (Å²) in [5.41, 5.74) is 2.18. The molecule has 4 rings (SSSR count). The van der Waals surface area contributed by atoms with Crippen molar-refractivity contribution in [2.75, 3.05) is 4.72 Å². The summed E-state index contributed by atoms with van der Waals surface area (Å²) in [5.74, 6) is -0.571. The number of aliphatic hydroxyl groups is 1. The maximum Gasteiger partial charge on any atom is 0.262 e. The number of halogens is 1. The number of aliphatic hydroxyl groups excluding tert-OH is 1. The second-order valence-electron chi connectivity index (χ2n) is 6.06. The number of aromatic nitrogens is 1. The number of fused-ring (bicyclic) bond motifs is 2. The van der Waals surface area contributed by atoms with Gasteiger partial charge in [0.1, 0.15) is 11.3 Å². The van der Waals surface area contributed by atoms with Crippen LogP contribution in [-0.4, -0.2) is 24.6 Å². The van der Waals surface area contributed by atoms with Gasteiger partial charge in [-0.05, 0) is 47.9 Å². The fourth-order valence-corrected chi connectivity index (χ4v) is 4.56. The van der Waals surface area contributed by atoms with Crippen LogP contribution in [0.15, 0.2) is 53.6 Å². The molecule has 1 heterocycles. The van der Waals surface area contributed by atoms with Crippen molar-refractivity contribution in [2.24, 2.45) is 0 Å². The Bertz CT molecular complexity index is 1080. The molecular formula is C18H15FN2O3S. The normalized spacial score (nSPS) is 16.8. The average Bonchev–Trinajstić information content (AvgIpc) is 2.96. The van der Waals surface area contributed by atoms with Gasteiger partial charge >= 0.3 is 0 Å². The summed E-state index contributed by atoms with van der Waals surface area (Å²) in [6, 6.07) is 10.7. The Kier molecular flexibility index (Phi) is 3.70. The average molecular weight is 358 g/mol. The molecule has 0 saturated carbocycles. The van der Waals surface area contributed by atoms with Gasteiger partial charge in [-0.15, -0.1) is 0 Å². The fraction of sp³-hybridized carbons (Fsp3) is 0.167. The third-order valence-corrected chi connectivity index (χ3v) is 5.81. The van der Waals surface area contributed by atoms with E-state index in [4.69, 9.17) is 0 Å². The summed E-state index contributed by atoms with van der Waals surface area (Å²) in [5, 5.41) is 10.1. The van der Waals surface area contributed by atoms with Crippen LogP contribution in [-0.2, 0) is 22.9 Å². The van der Waals surface area contributed by atoms with Gasteiger partial charge in [-0.1, -0.05) is 12.1 Å². The van der Waals surface area contributed by atoms with E-state index in [0.717, 1.165) is 17.2 Å². The number of rotatable bonds is 3. The highest BCUT2D eigenvalue weighted by atomic mass is 32.2. The van der Waals surface area contributed by atoms with E-state index in [0.29, 0.717) is 18.5 Å². The molecule has 5 nitrogen and oxygen atoms in total. The number of benzene rings is 2. The first kappa shape index (κ1) is 16.0. The first-order chi connectivity index (χ1) is 12.0. The van der Waals surface area contributed by atoms with Crippen molar-refractivity contribution in [1.29, 1.82) is 0 Å². The summed E-state index contributed by atoms with van der Waals surface area (Å²) in [4.78, 5) is 3.90. The summed E-state index contributed by atoms with van der Waals surface area (Å²) in [6.45, 7) is 0. The predicted octanol–water partition coefficient (Wildman–Crippen LogP) is 2.63. The summed E-state index contributed by atoms with van der Waals surface area (Å²) in [7, 11) is -3.93. The molecule has 0 aliphatic heterocycles. The van der Waals surface area contributed by atoms with E-state index in [9.17, 15) is 17.9 Å². The summed E-state index contributed by atoms with van der Waals surface area (Å²) >= 11 is 0. The van der Waals surface area contributed by atoms with Crippen molar-refractivity contribution >= 4 is 26.6 Å². The topological polar surface area (TPSA) is 79.3 Å². The number of anilines is 1. The minimum atomic E-state index is -3.93. The van der Waals surface area contributed by atoms with Crippen LogP contribution in [0.4, 0.5) is 10.1 Å². The van der Waals surface area contributed by atoms with Gasteiger partial charge in [0.25, 0.3) is 10.0 Å². The first-order valence-electron chi connectivity index (χ1n) is 7.80. The molecule has 0 amide bonds. The van der Waals surface area contributed by atoms with Crippen LogP contribution in [0.3, 0.4) is 0 Å². The lowest BCUT2D eigenvalue weighted by Crippen LogP contribution is -2.15. The fourth-order valence-electron chi connectivity index (χ4n) is 3.27. The molecule has 1 atom stereocenters. The Morgan fingerprint density at radius 2 is 1.96 bits per heavy atom. The van der Waals surface area contributed by atoms with E-state index in [1.165, 1.54) is 18.3 Å². The van der Waals surface area contributed by atoms with Gasteiger partial charge in [-0.25, -0.2) is 12.8 Å². The maximum atomic E-state index is 13.9. The quantitative estimate of drug-likeness (QED) is 0.754. The highest BCUT2D eigenvalue weighted by Gasteiger charge is 2.25. The second kappa shape index (κ2) is 5.79. The molecule has 2 N–H and O–H groups in total. The molecule has 0 bridgehead atoms. The highest BCUT2D eigenvalue weighted by molar-refractivity contribution is 7.93. The van der Waals surface area contributed by atoms with Gasteiger partial charge in [-0.3, -0.25) is 9.71 Å². The van der Waals surface area contributed by atoms with Crippen LogP contribution in [0.25, 0.3) is 10.9 Å². The van der Waals surface area contributed by atoms with Gasteiger partial charge in [0.2, 0.25) is 0 Å². The molecule has 0 unspecified atom stereocenters. The lowest BCUT2D eigenvalue weighted by Gasteiger charge is -2.13. The Morgan fingerprint density at radius 1 is 1.12 bits per heavy atom. The SMILES string of the molecule is O=S(=O)(Nc1cccc2c1C[C@H](O)C2)c1ccc(F)c2ncccc12. The van der Waals surface area contributed by atoms with Gasteiger partial charge < -0.3 is 5.11 Å². The zero-order valence-electron chi connectivity index (χ0n) is 13.1. The number of sulfonamides is 1. The minimum absolute atomic E-state index is 0.0130. The van der Waals surface area contributed by atoms with E-state index in [1.54, 1.807) is 18.2 Å². The molecule has 2 aromatic carbocycles. The number of pyridine rings is 1. The number of nitrogens with one attached hydrogen (secondary N) is 1. The number of nitrogens with zero attached hydrogens (tertiary/aromatic N) is 1. The van der Waals surface area contributed by atoms with Crippen LogP contribution in [0.1, 0.15) is 11.1 Å². The predicted molar refractivity (Wildman–Crippen MR) is 92.4 cm³/mol. The smallest absolute Gasteiger partial charge is 0.262 e. The van der Waals surface area contributed by atoms with Crippen molar-refractivity contribution in [2.45, 2.75) is 23.8 Å². The molecule has 0 spiro atoms. The molecule has 0 radical (unpaired) electrons. The zero-order valence-corrected chi connectivity index (χ0v) is 13.9.